The third-order valence-electron chi connectivity index (χ3n) is 9.18. The number of nitrogens with one attached hydrogen (secondary N) is 1. The molecule has 14 nitrogen and oxygen atoms in total. The van der Waals surface area contributed by atoms with Gasteiger partial charge in [0, 0.05) is 44.1 Å². The van der Waals surface area contributed by atoms with Crippen LogP contribution in [0.5, 0.6) is 0 Å². The van der Waals surface area contributed by atoms with Crippen molar-refractivity contribution < 1.29 is 29.2 Å². The van der Waals surface area contributed by atoms with E-state index in [1.165, 1.54) is 10.8 Å². The number of nitrogens with zero attached hydrogens (tertiary/aromatic N) is 6. The lowest BCUT2D eigenvalue weighted by Gasteiger charge is -2.39. The van der Waals surface area contributed by atoms with E-state index in [0.717, 1.165) is 44.2 Å². The van der Waals surface area contributed by atoms with Gasteiger partial charge in [0.05, 0.1) is 28.4 Å². The molecule has 43 heavy (non-hydrogen) atoms. The van der Waals surface area contributed by atoms with Gasteiger partial charge in [-0.2, -0.15) is 0 Å². The average Bonchev–Trinajstić information content (AvgIpc) is 3.67. The van der Waals surface area contributed by atoms with E-state index in [1.807, 2.05) is 6.07 Å². The van der Waals surface area contributed by atoms with Crippen LogP contribution in [0.2, 0.25) is 0 Å². The maximum Gasteiger partial charge on any atom is 0.377 e. The fraction of sp³-hybridized carbons (Fsp3) is 0.536. The highest BCUT2D eigenvalue weighted by atomic mass is 19.1. The van der Waals surface area contributed by atoms with Crippen LogP contribution in [0, 0.1) is 0 Å². The van der Waals surface area contributed by atoms with Crippen molar-refractivity contribution in [2.45, 2.75) is 81.0 Å². The molecule has 7 rings (SSSR count). The smallest absolute Gasteiger partial charge is 0.377 e. The number of rotatable bonds is 7. The lowest BCUT2D eigenvalue weighted by Crippen LogP contribution is -2.53. The molecule has 15 heteroatoms. The number of ether oxygens (including phenoxy) is 1. The second kappa shape index (κ2) is 10.1. The number of carbonyl (C=O) groups is 1. The molecule has 3 fully saturated rings. The first-order valence-corrected chi connectivity index (χ1v) is 14.6. The van der Waals surface area contributed by atoms with Crippen LogP contribution in [0.1, 0.15) is 74.8 Å². The van der Waals surface area contributed by atoms with E-state index in [0.29, 0.717) is 46.3 Å². The predicted octanol–water partition coefficient (Wildman–Crippen LogP) is 1.39. The van der Waals surface area contributed by atoms with Crippen molar-refractivity contribution in [3.63, 3.8) is 0 Å². The third-order valence-corrected chi connectivity index (χ3v) is 9.18. The van der Waals surface area contributed by atoms with Gasteiger partial charge in [-0.15, -0.1) is 5.10 Å². The molecule has 4 aromatic rings. The van der Waals surface area contributed by atoms with Gasteiger partial charge in [-0.1, -0.05) is 12.8 Å². The van der Waals surface area contributed by atoms with Crippen LogP contribution < -0.4 is 16.7 Å². The fourth-order valence-electron chi connectivity index (χ4n) is 6.96. The first-order valence-electron chi connectivity index (χ1n) is 14.6. The first kappa shape index (κ1) is 27.9. The minimum atomic E-state index is -3.40. The summed E-state index contributed by atoms with van der Waals surface area (Å²) in [6.45, 7) is 1.18. The maximum absolute atomic E-state index is 14.2. The van der Waals surface area contributed by atoms with Gasteiger partial charge in [0.25, 0.3) is 0 Å². The van der Waals surface area contributed by atoms with Crippen LogP contribution in [0.3, 0.4) is 0 Å². The Bertz CT molecular complexity index is 1770. The third kappa shape index (κ3) is 4.49. The van der Waals surface area contributed by atoms with E-state index in [9.17, 15) is 29.3 Å². The van der Waals surface area contributed by atoms with Gasteiger partial charge in [0.15, 0.2) is 5.82 Å². The second-order valence-corrected chi connectivity index (χ2v) is 11.9. The second-order valence-electron chi connectivity index (χ2n) is 11.9. The lowest BCUT2D eigenvalue weighted by molar-refractivity contribution is -0.374. The fourth-order valence-corrected chi connectivity index (χ4v) is 6.96. The van der Waals surface area contributed by atoms with E-state index in [4.69, 9.17) is 20.6 Å². The van der Waals surface area contributed by atoms with Crippen LogP contribution in [-0.4, -0.2) is 69.3 Å². The van der Waals surface area contributed by atoms with Gasteiger partial charge in [0.2, 0.25) is 5.91 Å². The van der Waals surface area contributed by atoms with Crippen molar-refractivity contribution in [3.05, 3.63) is 46.4 Å². The van der Waals surface area contributed by atoms with Crippen molar-refractivity contribution in [1.29, 1.82) is 0 Å². The molecule has 0 radical (unpaired) electrons. The van der Waals surface area contributed by atoms with Crippen molar-refractivity contribution in [2.75, 3.05) is 18.5 Å². The van der Waals surface area contributed by atoms with Gasteiger partial charge in [-0.3, -0.25) is 9.36 Å². The number of nitrogens with two attached hydrogens (primary N) is 1. The molecule has 2 aliphatic carbocycles. The highest BCUT2D eigenvalue weighted by Gasteiger charge is 2.54. The number of amides is 1. The van der Waals surface area contributed by atoms with Gasteiger partial charge < -0.3 is 31.1 Å². The first-order chi connectivity index (χ1) is 20.6. The Morgan fingerprint density at radius 2 is 1.79 bits per heavy atom. The molecule has 0 spiro atoms. The van der Waals surface area contributed by atoms with Crippen LogP contribution >= 0.6 is 0 Å². The maximum atomic E-state index is 14.2. The number of imidazole rings is 2. The quantitative estimate of drug-likeness (QED) is 0.195. The standard InChI is InChI=1S/C28H33FN8O6/c29-16-12-27(13-16,24(30)38)25-33-23(15-7-9-43-10-8-15)18-5-6-21(34-37(18)25)32-22-11-19-20(14-31-22)36(28(40,41)42)26(39)35(19)17-3-1-2-4-17/h5-6,11,14-17,40-42H,1-4,7-10,12-13H2,(H2,30,38)(H,31,32,34). The van der Waals surface area contributed by atoms with Crippen LogP contribution in [0.4, 0.5) is 16.0 Å². The van der Waals surface area contributed by atoms with E-state index in [2.05, 4.69) is 10.3 Å². The Morgan fingerprint density at radius 3 is 2.44 bits per heavy atom. The molecule has 6 N–H and O–H groups in total. The minimum Gasteiger partial charge on any atom is -0.381 e. The monoisotopic (exact) mass is 596 g/mol. The summed E-state index contributed by atoms with van der Waals surface area (Å²) in [5, 5.41) is 37.7. The number of halogens is 1. The largest absolute Gasteiger partial charge is 0.381 e. The number of anilines is 2. The molecule has 0 atom stereocenters. The molecule has 1 amide bonds. The SMILES string of the molecule is NC(=O)C1(c2nc(C3CCOCC3)c3ccc(Nc4cc5c(cn4)n(C(O)(O)O)c(=O)n5C4CCCC4)nn23)CC(F)C1. The highest BCUT2D eigenvalue weighted by Crippen LogP contribution is 2.46. The Kier molecular flexibility index (Phi) is 6.54. The number of fused-ring (bicyclic) bond motifs is 2. The molecule has 5 heterocycles. The zero-order chi connectivity index (χ0) is 30.1. The lowest BCUT2D eigenvalue weighted by atomic mass is 9.66. The molecular formula is C28H33FN8O6. The number of aromatic nitrogens is 6. The number of aliphatic hydroxyl groups is 3. The number of alkyl halides is 1. The Labute approximate surface area is 243 Å². The molecule has 3 aliphatic rings. The molecule has 1 saturated heterocycles. The Hall–Kier alpha value is -3.92. The molecule has 228 valence electrons. The molecule has 0 aromatic carbocycles. The predicted molar refractivity (Wildman–Crippen MR) is 150 cm³/mol. The van der Waals surface area contributed by atoms with Crippen LogP contribution in [0.15, 0.2) is 29.2 Å². The Balaban J connectivity index is 1.32. The average molecular weight is 597 g/mol. The Morgan fingerprint density at radius 1 is 1.07 bits per heavy atom. The van der Waals surface area contributed by atoms with Crippen LogP contribution in [0.25, 0.3) is 16.6 Å². The number of pyridine rings is 1. The van der Waals surface area contributed by atoms with Gasteiger partial charge in [-0.05, 0) is 37.8 Å². The summed E-state index contributed by atoms with van der Waals surface area (Å²) in [6, 6.07) is 4.97. The highest BCUT2D eigenvalue weighted by molar-refractivity contribution is 5.87. The summed E-state index contributed by atoms with van der Waals surface area (Å²) in [5.74, 6) is 0.366. The molecule has 2 saturated carbocycles. The molecule has 0 unspecified atom stereocenters. The van der Waals surface area contributed by atoms with E-state index >= 15 is 0 Å². The normalized spacial score (nSPS) is 23.7. The van der Waals surface area contributed by atoms with Gasteiger partial charge >= 0.3 is 11.8 Å². The molecular weight excluding hydrogens is 563 g/mol. The number of hydrogen-bond donors (Lipinski definition) is 5. The van der Waals surface area contributed by atoms with Gasteiger partial charge in [0.1, 0.15) is 23.2 Å². The van der Waals surface area contributed by atoms with Crippen molar-refractivity contribution >= 4 is 34.1 Å². The van der Waals surface area contributed by atoms with Crippen molar-refractivity contribution in [3.8, 4) is 0 Å². The van der Waals surface area contributed by atoms with E-state index in [1.54, 1.807) is 16.6 Å². The molecule has 0 bridgehead atoms. The topological polar surface area (TPSA) is 195 Å². The summed E-state index contributed by atoms with van der Waals surface area (Å²) in [7, 11) is 0. The van der Waals surface area contributed by atoms with E-state index in [-0.39, 0.29) is 30.3 Å². The number of carbonyl (C=O) groups excluding carboxylic acids is 1. The summed E-state index contributed by atoms with van der Waals surface area (Å²) >= 11 is 0. The van der Waals surface area contributed by atoms with Crippen LogP contribution in [-0.2, 0) is 21.0 Å². The number of primary amides is 1. The number of hydrogen-bond acceptors (Lipinski definition) is 10. The summed E-state index contributed by atoms with van der Waals surface area (Å²) < 4.78 is 23.2. The summed E-state index contributed by atoms with van der Waals surface area (Å²) in [5.41, 5.74) is 5.64. The van der Waals surface area contributed by atoms with Crippen molar-refractivity contribution in [2.24, 2.45) is 5.73 Å². The zero-order valence-electron chi connectivity index (χ0n) is 23.3. The van der Waals surface area contributed by atoms with E-state index < -0.39 is 29.3 Å². The van der Waals surface area contributed by atoms with Crippen molar-refractivity contribution in [1.82, 2.24) is 28.7 Å². The molecule has 1 aliphatic heterocycles. The summed E-state index contributed by atoms with van der Waals surface area (Å²) in [6.07, 6.45) is 1.39. The van der Waals surface area contributed by atoms with Gasteiger partial charge in [-0.25, -0.2) is 28.2 Å². The molecule has 4 aromatic heterocycles. The minimum absolute atomic E-state index is 0.0468. The summed E-state index contributed by atoms with van der Waals surface area (Å²) in [4.78, 5) is 35.1. The zero-order valence-corrected chi connectivity index (χ0v) is 23.3.